The summed E-state index contributed by atoms with van der Waals surface area (Å²) in [5.41, 5.74) is 5.98. The third-order valence-corrected chi connectivity index (χ3v) is 4.58. The fraction of sp³-hybridized carbons (Fsp3) is 0.231. The summed E-state index contributed by atoms with van der Waals surface area (Å²) in [5.74, 6) is -0.160. The van der Waals surface area contributed by atoms with Crippen LogP contribution in [0.2, 0.25) is 0 Å². The van der Waals surface area contributed by atoms with Crippen LogP contribution in [-0.4, -0.2) is 23.7 Å². The highest BCUT2D eigenvalue weighted by Crippen LogP contribution is 2.13. The van der Waals surface area contributed by atoms with Crippen LogP contribution in [0, 0.1) is 0 Å². The Morgan fingerprint density at radius 2 is 2.05 bits per heavy atom. The van der Waals surface area contributed by atoms with E-state index < -0.39 is 9.84 Å². The zero-order valence-electron chi connectivity index (χ0n) is 10.8. The maximum atomic E-state index is 12.2. The van der Waals surface area contributed by atoms with E-state index in [0.717, 1.165) is 5.56 Å². The van der Waals surface area contributed by atoms with E-state index in [1.165, 1.54) is 29.2 Å². The van der Waals surface area contributed by atoms with Crippen molar-refractivity contribution in [1.29, 1.82) is 0 Å². The number of aryl methyl sites for hydroxylation is 1. The van der Waals surface area contributed by atoms with Crippen LogP contribution in [0.1, 0.15) is 5.56 Å². The van der Waals surface area contributed by atoms with Crippen molar-refractivity contribution in [2.24, 2.45) is 5.73 Å². The van der Waals surface area contributed by atoms with E-state index in [9.17, 15) is 13.2 Å². The van der Waals surface area contributed by atoms with Gasteiger partial charge >= 0.3 is 0 Å². The molecule has 2 aromatic rings. The Hall–Kier alpha value is -1.99. The molecule has 0 spiro atoms. The van der Waals surface area contributed by atoms with Crippen molar-refractivity contribution >= 4 is 9.84 Å². The normalized spacial score (nSPS) is 11.4. The summed E-state index contributed by atoms with van der Waals surface area (Å²) in [5, 5.41) is 0. The van der Waals surface area contributed by atoms with Crippen LogP contribution in [0.5, 0.6) is 0 Å². The minimum atomic E-state index is -3.45. The summed E-state index contributed by atoms with van der Waals surface area (Å²) in [6.45, 7) is 0.354. The van der Waals surface area contributed by atoms with Gasteiger partial charge < -0.3 is 5.73 Å². The zero-order valence-corrected chi connectivity index (χ0v) is 11.6. The van der Waals surface area contributed by atoms with Gasteiger partial charge in [-0.25, -0.2) is 13.4 Å². The van der Waals surface area contributed by atoms with Crippen LogP contribution in [0.15, 0.2) is 52.5 Å². The number of nitrogens with two attached hydrogens (primary N) is 1. The first-order chi connectivity index (χ1) is 9.53. The first-order valence-corrected chi connectivity index (χ1v) is 7.70. The number of nitrogens with zero attached hydrogens (tertiary/aromatic N) is 2. The average Bonchev–Trinajstić information content (AvgIpc) is 2.46. The van der Waals surface area contributed by atoms with E-state index in [4.69, 9.17) is 5.73 Å². The van der Waals surface area contributed by atoms with Crippen LogP contribution in [0.25, 0.3) is 0 Å². The zero-order chi connectivity index (χ0) is 14.6. The van der Waals surface area contributed by atoms with Gasteiger partial charge in [0, 0.05) is 25.4 Å². The molecule has 1 aromatic carbocycles. The van der Waals surface area contributed by atoms with Crippen LogP contribution in [0.3, 0.4) is 0 Å². The van der Waals surface area contributed by atoms with Gasteiger partial charge in [-0.2, -0.15) is 0 Å². The van der Waals surface area contributed by atoms with E-state index in [1.54, 1.807) is 18.2 Å². The summed E-state index contributed by atoms with van der Waals surface area (Å²) in [6, 6.07) is 7.81. The maximum absolute atomic E-state index is 12.2. The van der Waals surface area contributed by atoms with Crippen molar-refractivity contribution in [3.05, 3.63) is 58.8 Å². The van der Waals surface area contributed by atoms with Crippen LogP contribution < -0.4 is 11.3 Å². The molecule has 0 radical (unpaired) electrons. The van der Waals surface area contributed by atoms with E-state index in [2.05, 4.69) is 4.98 Å². The van der Waals surface area contributed by atoms with Gasteiger partial charge in [0.2, 0.25) is 0 Å². The van der Waals surface area contributed by atoms with Gasteiger partial charge in [-0.05, 0) is 17.7 Å². The predicted octanol–water partition coefficient (Wildman–Crippen LogP) is 0.176. The van der Waals surface area contributed by atoms with E-state index in [1.807, 2.05) is 0 Å². The van der Waals surface area contributed by atoms with E-state index >= 15 is 0 Å². The molecule has 0 bridgehead atoms. The molecular formula is C13H15N3O3S. The second-order valence-electron chi connectivity index (χ2n) is 4.28. The second-order valence-corrected chi connectivity index (χ2v) is 6.39. The average molecular weight is 293 g/mol. The lowest BCUT2D eigenvalue weighted by molar-refractivity contribution is 0.586. The maximum Gasteiger partial charge on any atom is 0.253 e. The van der Waals surface area contributed by atoms with Crippen molar-refractivity contribution in [1.82, 2.24) is 9.55 Å². The van der Waals surface area contributed by atoms with Crippen molar-refractivity contribution in [2.45, 2.75) is 18.0 Å². The molecule has 0 saturated carbocycles. The minimum absolute atomic E-state index is 0.0713. The van der Waals surface area contributed by atoms with Gasteiger partial charge in [-0.3, -0.25) is 9.36 Å². The molecule has 0 saturated heterocycles. The smallest absolute Gasteiger partial charge is 0.253 e. The Labute approximate surface area is 116 Å². The fourth-order valence-corrected chi connectivity index (χ4v) is 3.04. The molecule has 0 aliphatic heterocycles. The molecule has 2 N–H and O–H groups in total. The SMILES string of the molecule is NCc1cccc(S(=O)(=O)CCn2cnccc2=O)c1. The third-order valence-electron chi connectivity index (χ3n) is 2.89. The third kappa shape index (κ3) is 3.31. The Morgan fingerprint density at radius 1 is 1.25 bits per heavy atom. The van der Waals surface area contributed by atoms with Gasteiger partial charge in [0.05, 0.1) is 17.0 Å². The molecule has 0 aliphatic rings. The second kappa shape index (κ2) is 5.98. The molecule has 0 unspecified atom stereocenters. The summed E-state index contributed by atoms with van der Waals surface area (Å²) in [6.07, 6.45) is 2.70. The lowest BCUT2D eigenvalue weighted by Gasteiger charge is -2.07. The molecule has 1 heterocycles. The van der Waals surface area contributed by atoms with Crippen LogP contribution >= 0.6 is 0 Å². The molecule has 0 amide bonds. The van der Waals surface area contributed by atoms with Gasteiger partial charge in [-0.1, -0.05) is 12.1 Å². The van der Waals surface area contributed by atoms with Crippen molar-refractivity contribution < 1.29 is 8.42 Å². The fourth-order valence-electron chi connectivity index (χ4n) is 1.75. The van der Waals surface area contributed by atoms with E-state index in [-0.39, 0.29) is 29.3 Å². The first kappa shape index (κ1) is 14.4. The molecule has 106 valence electrons. The number of sulfone groups is 1. The summed E-state index contributed by atoms with van der Waals surface area (Å²) in [7, 11) is -3.45. The number of hydrogen-bond acceptors (Lipinski definition) is 5. The standard InChI is InChI=1S/C13H15N3O3S/c14-9-11-2-1-3-12(8-11)20(18,19)7-6-16-10-15-5-4-13(16)17/h1-5,8,10H,6-7,9,14H2. The monoisotopic (exact) mass is 293 g/mol. The number of hydrogen-bond donors (Lipinski definition) is 1. The highest BCUT2D eigenvalue weighted by Gasteiger charge is 2.15. The molecule has 6 nitrogen and oxygen atoms in total. The molecule has 1 aromatic heterocycles. The van der Waals surface area contributed by atoms with Crippen LogP contribution in [0.4, 0.5) is 0 Å². The summed E-state index contributed by atoms with van der Waals surface area (Å²) < 4.78 is 25.7. The lowest BCUT2D eigenvalue weighted by atomic mass is 10.2. The molecule has 0 atom stereocenters. The quantitative estimate of drug-likeness (QED) is 0.848. The Kier molecular flexibility index (Phi) is 4.31. The van der Waals surface area contributed by atoms with Gasteiger partial charge in [0.1, 0.15) is 0 Å². The highest BCUT2D eigenvalue weighted by molar-refractivity contribution is 7.91. The predicted molar refractivity (Wildman–Crippen MR) is 74.9 cm³/mol. The van der Waals surface area contributed by atoms with Crippen molar-refractivity contribution in [3.8, 4) is 0 Å². The molecule has 0 fully saturated rings. The van der Waals surface area contributed by atoms with Crippen molar-refractivity contribution in [3.63, 3.8) is 0 Å². The number of rotatable bonds is 5. The topological polar surface area (TPSA) is 95.1 Å². The molecule has 7 heteroatoms. The molecule has 0 aliphatic carbocycles. The van der Waals surface area contributed by atoms with Gasteiger partial charge in [0.15, 0.2) is 9.84 Å². The molecule has 2 rings (SSSR count). The first-order valence-electron chi connectivity index (χ1n) is 6.05. The highest BCUT2D eigenvalue weighted by atomic mass is 32.2. The van der Waals surface area contributed by atoms with E-state index in [0.29, 0.717) is 0 Å². The number of aromatic nitrogens is 2. The Balaban J connectivity index is 2.19. The minimum Gasteiger partial charge on any atom is -0.326 e. The number of benzene rings is 1. The Morgan fingerprint density at radius 3 is 2.75 bits per heavy atom. The van der Waals surface area contributed by atoms with Gasteiger partial charge in [-0.15, -0.1) is 0 Å². The summed E-state index contributed by atoms with van der Waals surface area (Å²) in [4.78, 5) is 15.5. The summed E-state index contributed by atoms with van der Waals surface area (Å²) >= 11 is 0. The van der Waals surface area contributed by atoms with Gasteiger partial charge in [0.25, 0.3) is 5.56 Å². The van der Waals surface area contributed by atoms with Crippen LogP contribution in [-0.2, 0) is 22.9 Å². The molecule has 20 heavy (non-hydrogen) atoms. The Bertz CT molecular complexity index is 753. The van der Waals surface area contributed by atoms with Crippen molar-refractivity contribution in [2.75, 3.05) is 5.75 Å². The molecular weight excluding hydrogens is 278 g/mol. The largest absolute Gasteiger partial charge is 0.326 e. The lowest BCUT2D eigenvalue weighted by Crippen LogP contribution is -2.23.